The number of ether oxygens (including phenoxy) is 1. The third-order valence-electron chi connectivity index (χ3n) is 4.43. The minimum Gasteiger partial charge on any atom is -0.481 e. The number of anilines is 1. The van der Waals surface area contributed by atoms with Gasteiger partial charge in [-0.1, -0.05) is 0 Å². The van der Waals surface area contributed by atoms with Crippen LogP contribution in [0.1, 0.15) is 25.7 Å². The third kappa shape index (κ3) is 6.49. The SMILES string of the molecule is COCCNS(=O)(=O)c1ccc(NC(=O)NC2CCC(C(=O)O)CC2)cc1. The minimum atomic E-state index is -3.62. The van der Waals surface area contributed by atoms with E-state index in [0.29, 0.717) is 31.4 Å². The molecule has 1 aromatic carbocycles. The first-order chi connectivity index (χ1) is 12.8. The maximum Gasteiger partial charge on any atom is 0.319 e. The van der Waals surface area contributed by atoms with Crippen molar-refractivity contribution in [3.63, 3.8) is 0 Å². The Morgan fingerprint density at radius 3 is 2.33 bits per heavy atom. The minimum absolute atomic E-state index is 0.0646. The molecule has 27 heavy (non-hydrogen) atoms. The number of carboxylic acid groups (broad SMARTS) is 1. The van der Waals surface area contributed by atoms with Gasteiger partial charge < -0.3 is 20.5 Å². The predicted molar refractivity (Wildman–Crippen MR) is 99.0 cm³/mol. The van der Waals surface area contributed by atoms with Gasteiger partial charge in [-0.3, -0.25) is 4.79 Å². The van der Waals surface area contributed by atoms with Crippen molar-refractivity contribution in [3.8, 4) is 0 Å². The fourth-order valence-corrected chi connectivity index (χ4v) is 3.93. The number of urea groups is 1. The number of sulfonamides is 1. The lowest BCUT2D eigenvalue weighted by Crippen LogP contribution is -2.40. The van der Waals surface area contributed by atoms with Crippen LogP contribution in [0.5, 0.6) is 0 Å². The number of hydrogen-bond acceptors (Lipinski definition) is 5. The summed E-state index contributed by atoms with van der Waals surface area (Å²) in [5.41, 5.74) is 0.461. The molecule has 0 bridgehead atoms. The van der Waals surface area contributed by atoms with Gasteiger partial charge in [0.25, 0.3) is 0 Å². The highest BCUT2D eigenvalue weighted by Crippen LogP contribution is 2.24. The molecule has 0 saturated heterocycles. The molecule has 1 saturated carbocycles. The van der Waals surface area contributed by atoms with Gasteiger partial charge in [0.2, 0.25) is 10.0 Å². The van der Waals surface area contributed by atoms with Crippen LogP contribution in [-0.4, -0.2) is 51.8 Å². The summed E-state index contributed by atoms with van der Waals surface area (Å²) in [6.45, 7) is 0.443. The molecule has 0 aliphatic heterocycles. The Labute approximate surface area is 158 Å². The van der Waals surface area contributed by atoms with Crippen LogP contribution < -0.4 is 15.4 Å². The molecule has 10 heteroatoms. The topological polar surface area (TPSA) is 134 Å². The first-order valence-corrected chi connectivity index (χ1v) is 10.2. The normalized spacial score (nSPS) is 20.0. The average Bonchev–Trinajstić information content (AvgIpc) is 2.62. The van der Waals surface area contributed by atoms with Crippen molar-refractivity contribution >= 4 is 27.7 Å². The fraction of sp³-hybridized carbons (Fsp3) is 0.529. The van der Waals surface area contributed by atoms with Crippen LogP contribution in [0.4, 0.5) is 10.5 Å². The number of amides is 2. The van der Waals surface area contributed by atoms with E-state index in [0.717, 1.165) is 0 Å². The largest absolute Gasteiger partial charge is 0.481 e. The zero-order valence-corrected chi connectivity index (χ0v) is 15.9. The van der Waals surface area contributed by atoms with Gasteiger partial charge in [0, 0.05) is 25.4 Å². The molecule has 0 heterocycles. The van der Waals surface area contributed by atoms with Crippen LogP contribution in [0.25, 0.3) is 0 Å². The van der Waals surface area contributed by atoms with E-state index in [1.807, 2.05) is 0 Å². The van der Waals surface area contributed by atoms with Crippen molar-refractivity contribution in [1.29, 1.82) is 0 Å². The molecule has 0 radical (unpaired) electrons. The summed E-state index contributed by atoms with van der Waals surface area (Å²) < 4.78 is 31.4. The van der Waals surface area contributed by atoms with Crippen molar-refractivity contribution < 1.29 is 27.9 Å². The number of nitrogens with one attached hydrogen (secondary N) is 3. The molecular weight excluding hydrogens is 374 g/mol. The van der Waals surface area contributed by atoms with E-state index >= 15 is 0 Å². The molecule has 1 aliphatic carbocycles. The number of carbonyl (C=O) groups is 2. The monoisotopic (exact) mass is 399 g/mol. The van der Waals surface area contributed by atoms with Crippen molar-refractivity contribution in [3.05, 3.63) is 24.3 Å². The number of carboxylic acids is 1. The lowest BCUT2D eigenvalue weighted by molar-refractivity contribution is -0.142. The number of rotatable bonds is 8. The third-order valence-corrected chi connectivity index (χ3v) is 5.91. The van der Waals surface area contributed by atoms with E-state index in [1.165, 1.54) is 31.4 Å². The van der Waals surface area contributed by atoms with Crippen LogP contribution in [0.2, 0.25) is 0 Å². The zero-order chi connectivity index (χ0) is 19.9. The smallest absolute Gasteiger partial charge is 0.319 e. The predicted octanol–water partition coefficient (Wildman–Crippen LogP) is 1.38. The highest BCUT2D eigenvalue weighted by atomic mass is 32.2. The van der Waals surface area contributed by atoms with Gasteiger partial charge in [-0.05, 0) is 49.9 Å². The number of hydrogen-bond donors (Lipinski definition) is 4. The second kappa shape index (κ2) is 9.67. The Hall–Kier alpha value is -2.17. The Balaban J connectivity index is 1.84. The highest BCUT2D eigenvalue weighted by molar-refractivity contribution is 7.89. The maximum atomic E-state index is 12.1. The Bertz CT molecular complexity index is 742. The van der Waals surface area contributed by atoms with E-state index in [1.54, 1.807) is 0 Å². The van der Waals surface area contributed by atoms with Crippen molar-refractivity contribution in [2.45, 2.75) is 36.6 Å². The summed E-state index contributed by atoms with van der Waals surface area (Å²) in [4.78, 5) is 23.1. The van der Waals surface area contributed by atoms with Gasteiger partial charge in [-0.25, -0.2) is 17.9 Å². The lowest BCUT2D eigenvalue weighted by Gasteiger charge is -2.26. The van der Waals surface area contributed by atoms with Gasteiger partial charge in [-0.2, -0.15) is 0 Å². The molecule has 0 spiro atoms. The van der Waals surface area contributed by atoms with Crippen molar-refractivity contribution in [1.82, 2.24) is 10.0 Å². The molecule has 1 aliphatic rings. The Kier molecular flexibility index (Phi) is 7.57. The second-order valence-electron chi connectivity index (χ2n) is 6.40. The molecule has 0 aromatic heterocycles. The molecular formula is C17H25N3O6S. The fourth-order valence-electron chi connectivity index (χ4n) is 2.92. The van der Waals surface area contributed by atoms with E-state index in [2.05, 4.69) is 15.4 Å². The number of aliphatic carboxylic acids is 1. The van der Waals surface area contributed by atoms with Crippen LogP contribution in [0.3, 0.4) is 0 Å². The maximum absolute atomic E-state index is 12.1. The molecule has 1 aromatic rings. The quantitative estimate of drug-likeness (QED) is 0.488. The molecule has 4 N–H and O–H groups in total. The Morgan fingerprint density at radius 2 is 1.78 bits per heavy atom. The molecule has 0 atom stereocenters. The summed E-state index contributed by atoms with van der Waals surface area (Å²) in [5, 5.41) is 14.5. The Morgan fingerprint density at radius 1 is 1.15 bits per heavy atom. The lowest BCUT2D eigenvalue weighted by atomic mass is 9.86. The van der Waals surface area contributed by atoms with Crippen LogP contribution >= 0.6 is 0 Å². The van der Waals surface area contributed by atoms with E-state index < -0.39 is 22.0 Å². The van der Waals surface area contributed by atoms with E-state index in [-0.39, 0.29) is 30.0 Å². The van der Waals surface area contributed by atoms with Crippen LogP contribution in [0.15, 0.2) is 29.2 Å². The standard InChI is InChI=1S/C17H25N3O6S/c1-26-11-10-18-27(24,25)15-8-6-14(7-9-15)20-17(23)19-13-4-2-12(3-5-13)16(21)22/h6-9,12-13,18H,2-5,10-11H2,1H3,(H,21,22)(H2,19,20,23). The zero-order valence-electron chi connectivity index (χ0n) is 15.1. The molecule has 2 rings (SSSR count). The molecule has 2 amide bonds. The molecule has 9 nitrogen and oxygen atoms in total. The first-order valence-electron chi connectivity index (χ1n) is 8.71. The average molecular weight is 399 g/mol. The number of carbonyl (C=O) groups excluding carboxylic acids is 1. The molecule has 150 valence electrons. The van der Waals surface area contributed by atoms with Gasteiger partial charge in [0.15, 0.2) is 0 Å². The highest BCUT2D eigenvalue weighted by Gasteiger charge is 2.26. The summed E-state index contributed by atoms with van der Waals surface area (Å²) >= 11 is 0. The molecule has 1 fully saturated rings. The summed E-state index contributed by atoms with van der Waals surface area (Å²) in [6, 6.07) is 5.36. The van der Waals surface area contributed by atoms with E-state index in [9.17, 15) is 18.0 Å². The first kappa shape index (κ1) is 21.1. The van der Waals surface area contributed by atoms with Crippen molar-refractivity contribution in [2.24, 2.45) is 5.92 Å². The van der Waals surface area contributed by atoms with Crippen molar-refractivity contribution in [2.75, 3.05) is 25.6 Å². The van der Waals surface area contributed by atoms with Gasteiger partial charge in [0.05, 0.1) is 17.4 Å². The number of methoxy groups -OCH3 is 1. The van der Waals surface area contributed by atoms with Crippen LogP contribution in [-0.2, 0) is 19.6 Å². The van der Waals surface area contributed by atoms with E-state index in [4.69, 9.17) is 9.84 Å². The summed E-state index contributed by atoms with van der Waals surface area (Å²) in [6.07, 6.45) is 2.33. The second-order valence-corrected chi connectivity index (χ2v) is 8.17. The van der Waals surface area contributed by atoms with Gasteiger partial charge in [-0.15, -0.1) is 0 Å². The molecule has 0 unspecified atom stereocenters. The summed E-state index contributed by atoms with van der Waals surface area (Å²) in [5.74, 6) is -1.12. The summed E-state index contributed by atoms with van der Waals surface area (Å²) in [7, 11) is -2.14. The van der Waals surface area contributed by atoms with Gasteiger partial charge in [0.1, 0.15) is 0 Å². The van der Waals surface area contributed by atoms with Crippen LogP contribution in [0, 0.1) is 5.92 Å². The number of benzene rings is 1. The van der Waals surface area contributed by atoms with Gasteiger partial charge >= 0.3 is 12.0 Å².